The molecule has 0 radical (unpaired) electrons. The maximum Gasteiger partial charge on any atom is 0.275 e. The lowest BCUT2D eigenvalue weighted by Crippen LogP contribution is -1.98. The number of aryl methyl sites for hydroxylation is 2. The Labute approximate surface area is 159 Å². The van der Waals surface area contributed by atoms with E-state index >= 15 is 0 Å². The van der Waals surface area contributed by atoms with Gasteiger partial charge in [0.1, 0.15) is 0 Å². The summed E-state index contributed by atoms with van der Waals surface area (Å²) in [7, 11) is 1.91. The van der Waals surface area contributed by atoms with Crippen LogP contribution in [0, 0.1) is 6.92 Å². The van der Waals surface area contributed by atoms with Crippen molar-refractivity contribution in [2.75, 3.05) is 5.75 Å². The monoisotopic (exact) mass is 379 g/mol. The van der Waals surface area contributed by atoms with Crippen LogP contribution in [-0.2, 0) is 11.8 Å². The smallest absolute Gasteiger partial charge is 0.275 e. The summed E-state index contributed by atoms with van der Waals surface area (Å²) in [6.07, 6.45) is 0. The van der Waals surface area contributed by atoms with E-state index < -0.39 is 5.91 Å². The fraction of sp³-hybridized carbons (Fsp3) is 0.158. The highest BCUT2D eigenvalue weighted by atomic mass is 32.2. The SMILES string of the molecule is Cc1cccc2c(N=NC(=O)CSc3nc4ccccc4n3C)c(O)[nH]c12. The number of aromatic nitrogens is 3. The number of rotatable bonds is 4. The molecular weight excluding hydrogens is 362 g/mol. The molecule has 0 aliphatic rings. The highest BCUT2D eigenvalue weighted by Crippen LogP contribution is 2.36. The van der Waals surface area contributed by atoms with Gasteiger partial charge in [0.05, 0.1) is 22.3 Å². The van der Waals surface area contributed by atoms with Gasteiger partial charge in [-0.15, -0.1) is 10.2 Å². The Bertz CT molecular complexity index is 1190. The van der Waals surface area contributed by atoms with E-state index in [0.29, 0.717) is 0 Å². The van der Waals surface area contributed by atoms with Crippen LogP contribution < -0.4 is 0 Å². The lowest BCUT2D eigenvalue weighted by molar-refractivity contribution is -0.115. The van der Waals surface area contributed by atoms with Crippen molar-refractivity contribution in [2.45, 2.75) is 12.1 Å². The van der Waals surface area contributed by atoms with Crippen LogP contribution in [0.2, 0.25) is 0 Å². The summed E-state index contributed by atoms with van der Waals surface area (Å²) < 4.78 is 1.94. The van der Waals surface area contributed by atoms with E-state index in [-0.39, 0.29) is 17.3 Å². The number of thioether (sulfide) groups is 1. The number of benzene rings is 2. The van der Waals surface area contributed by atoms with Gasteiger partial charge in [-0.1, -0.05) is 42.1 Å². The van der Waals surface area contributed by atoms with E-state index in [1.54, 1.807) is 0 Å². The summed E-state index contributed by atoms with van der Waals surface area (Å²) in [5, 5.41) is 19.2. The molecule has 0 bridgehead atoms. The molecule has 2 aromatic carbocycles. The summed E-state index contributed by atoms with van der Waals surface area (Å²) in [6.45, 7) is 1.93. The molecule has 4 aromatic rings. The Morgan fingerprint density at radius 3 is 2.89 bits per heavy atom. The Kier molecular flexibility index (Phi) is 4.41. The number of nitrogens with one attached hydrogen (secondary N) is 1. The zero-order valence-electron chi connectivity index (χ0n) is 14.8. The average Bonchev–Trinajstić information content (AvgIpc) is 3.16. The van der Waals surface area contributed by atoms with Gasteiger partial charge in [-0.2, -0.15) is 0 Å². The third kappa shape index (κ3) is 3.19. The first-order valence-electron chi connectivity index (χ1n) is 8.33. The molecular formula is C19H17N5O2S. The first kappa shape index (κ1) is 17.3. The minimum atomic E-state index is -0.395. The number of aromatic amines is 1. The maximum absolute atomic E-state index is 12.1. The molecule has 2 N–H and O–H groups in total. The molecule has 0 saturated heterocycles. The average molecular weight is 379 g/mol. The van der Waals surface area contributed by atoms with Gasteiger partial charge in [0.2, 0.25) is 5.88 Å². The molecule has 27 heavy (non-hydrogen) atoms. The number of aromatic hydroxyl groups is 1. The minimum Gasteiger partial charge on any atom is -0.493 e. The van der Waals surface area contributed by atoms with Crippen LogP contribution in [0.25, 0.3) is 21.9 Å². The van der Waals surface area contributed by atoms with Gasteiger partial charge >= 0.3 is 0 Å². The van der Waals surface area contributed by atoms with E-state index in [2.05, 4.69) is 20.2 Å². The number of hydrogen-bond acceptors (Lipinski definition) is 5. The number of fused-ring (bicyclic) bond motifs is 2. The van der Waals surface area contributed by atoms with Gasteiger partial charge in [-0.25, -0.2) is 4.98 Å². The maximum atomic E-state index is 12.1. The first-order chi connectivity index (χ1) is 13.0. The number of para-hydroxylation sites is 3. The molecule has 0 aliphatic carbocycles. The molecule has 0 fully saturated rings. The largest absolute Gasteiger partial charge is 0.493 e. The normalized spacial score (nSPS) is 11.8. The van der Waals surface area contributed by atoms with E-state index in [4.69, 9.17) is 0 Å². The third-order valence-corrected chi connectivity index (χ3v) is 5.34. The van der Waals surface area contributed by atoms with Crippen LogP contribution in [0.3, 0.4) is 0 Å². The molecule has 136 valence electrons. The second-order valence-electron chi connectivity index (χ2n) is 6.14. The quantitative estimate of drug-likeness (QED) is 0.404. The van der Waals surface area contributed by atoms with Gasteiger partial charge < -0.3 is 14.7 Å². The summed E-state index contributed by atoms with van der Waals surface area (Å²) in [5.74, 6) is -0.379. The Hall–Kier alpha value is -3.13. The topological polar surface area (TPSA) is 95.6 Å². The second kappa shape index (κ2) is 6.88. The predicted molar refractivity (Wildman–Crippen MR) is 106 cm³/mol. The number of azo groups is 1. The van der Waals surface area contributed by atoms with Crippen molar-refractivity contribution >= 4 is 45.3 Å². The Morgan fingerprint density at radius 1 is 1.26 bits per heavy atom. The van der Waals surface area contributed by atoms with E-state index in [0.717, 1.165) is 32.7 Å². The van der Waals surface area contributed by atoms with Gasteiger partial charge in [-0.3, -0.25) is 4.79 Å². The highest BCUT2D eigenvalue weighted by molar-refractivity contribution is 7.99. The molecule has 0 unspecified atom stereocenters. The zero-order chi connectivity index (χ0) is 19.0. The van der Waals surface area contributed by atoms with Gasteiger partial charge in [0, 0.05) is 12.4 Å². The van der Waals surface area contributed by atoms with Crippen LogP contribution in [0.15, 0.2) is 57.8 Å². The van der Waals surface area contributed by atoms with Crippen molar-refractivity contribution in [3.63, 3.8) is 0 Å². The predicted octanol–water partition coefficient (Wildman–Crippen LogP) is 4.47. The van der Waals surface area contributed by atoms with E-state index in [1.165, 1.54) is 11.8 Å². The van der Waals surface area contributed by atoms with Crippen LogP contribution in [0.1, 0.15) is 5.56 Å². The minimum absolute atomic E-state index is 0.0983. The van der Waals surface area contributed by atoms with Crippen molar-refractivity contribution in [3.8, 4) is 5.88 Å². The number of H-pyrrole nitrogens is 1. The molecule has 7 nitrogen and oxygen atoms in total. The summed E-state index contributed by atoms with van der Waals surface area (Å²) in [5.41, 5.74) is 3.93. The number of amides is 1. The van der Waals surface area contributed by atoms with Gasteiger partial charge in [-0.05, 0) is 24.6 Å². The van der Waals surface area contributed by atoms with Crippen LogP contribution in [0.4, 0.5) is 5.69 Å². The van der Waals surface area contributed by atoms with Gasteiger partial charge in [0.25, 0.3) is 5.91 Å². The molecule has 0 spiro atoms. The van der Waals surface area contributed by atoms with Gasteiger partial charge in [0.15, 0.2) is 10.8 Å². The van der Waals surface area contributed by atoms with Crippen LogP contribution in [0.5, 0.6) is 5.88 Å². The molecule has 0 aliphatic heterocycles. The fourth-order valence-electron chi connectivity index (χ4n) is 2.95. The fourth-order valence-corrected chi connectivity index (χ4v) is 3.72. The standard InChI is InChI=1S/C19H17N5O2S/c1-11-6-5-7-12-16(11)21-18(26)17(12)23-22-15(25)10-27-19-20-13-8-3-4-9-14(13)24(19)2/h3-9,21,26H,10H2,1-2H3. The summed E-state index contributed by atoms with van der Waals surface area (Å²) in [4.78, 5) is 19.5. The van der Waals surface area contributed by atoms with Crippen molar-refractivity contribution in [2.24, 2.45) is 17.3 Å². The van der Waals surface area contributed by atoms with Crippen molar-refractivity contribution < 1.29 is 9.90 Å². The lowest BCUT2D eigenvalue weighted by atomic mass is 10.1. The molecule has 2 heterocycles. The molecule has 4 rings (SSSR count). The number of imidazole rings is 1. The summed E-state index contributed by atoms with van der Waals surface area (Å²) >= 11 is 1.31. The van der Waals surface area contributed by atoms with E-state index in [9.17, 15) is 9.90 Å². The third-order valence-electron chi connectivity index (χ3n) is 4.33. The second-order valence-corrected chi connectivity index (χ2v) is 7.09. The van der Waals surface area contributed by atoms with E-state index in [1.807, 2.05) is 61.0 Å². The Balaban J connectivity index is 1.50. The molecule has 8 heteroatoms. The van der Waals surface area contributed by atoms with Crippen LogP contribution in [-0.4, -0.2) is 31.3 Å². The number of hydrogen-bond donors (Lipinski definition) is 2. The molecule has 0 saturated carbocycles. The number of carbonyl (C=O) groups excluding carboxylic acids is 1. The number of nitrogens with zero attached hydrogens (tertiary/aromatic N) is 4. The first-order valence-corrected chi connectivity index (χ1v) is 9.32. The van der Waals surface area contributed by atoms with Crippen molar-refractivity contribution in [1.82, 2.24) is 14.5 Å². The zero-order valence-corrected chi connectivity index (χ0v) is 15.6. The van der Waals surface area contributed by atoms with Crippen LogP contribution >= 0.6 is 11.8 Å². The number of carbonyl (C=O) groups is 1. The lowest BCUT2D eigenvalue weighted by Gasteiger charge is -1.99. The molecule has 2 aromatic heterocycles. The van der Waals surface area contributed by atoms with Crippen molar-refractivity contribution in [3.05, 3.63) is 48.0 Å². The van der Waals surface area contributed by atoms with Crippen molar-refractivity contribution in [1.29, 1.82) is 0 Å². The molecule has 0 atom stereocenters. The Morgan fingerprint density at radius 2 is 2.07 bits per heavy atom. The molecule has 1 amide bonds. The summed E-state index contributed by atoms with van der Waals surface area (Å²) in [6, 6.07) is 13.4. The highest BCUT2D eigenvalue weighted by Gasteiger charge is 2.13.